The van der Waals surface area contributed by atoms with Crippen molar-refractivity contribution < 1.29 is 19.0 Å². The molecule has 2 aromatic rings. The fourth-order valence-electron chi connectivity index (χ4n) is 2.01. The van der Waals surface area contributed by atoms with Crippen LogP contribution in [-0.4, -0.2) is 38.0 Å². The maximum Gasteiger partial charge on any atom is 0.311 e. The number of methoxy groups -OCH3 is 2. The van der Waals surface area contributed by atoms with E-state index in [0.717, 1.165) is 10.0 Å². The molecule has 7 nitrogen and oxygen atoms in total. The highest BCUT2D eigenvalue weighted by molar-refractivity contribution is 9.10. The van der Waals surface area contributed by atoms with E-state index < -0.39 is 0 Å². The Balaban J connectivity index is 2.05. The summed E-state index contributed by atoms with van der Waals surface area (Å²) >= 11 is 4.78. The number of ether oxygens (including phenoxy) is 3. The van der Waals surface area contributed by atoms with Gasteiger partial charge in [0, 0.05) is 15.4 Å². The number of hydrogen-bond donors (Lipinski definition) is 1. The van der Waals surface area contributed by atoms with Gasteiger partial charge in [0.25, 0.3) is 0 Å². The predicted octanol–water partition coefficient (Wildman–Crippen LogP) is 3.47. The van der Waals surface area contributed by atoms with Gasteiger partial charge in [0.15, 0.2) is 11.5 Å². The van der Waals surface area contributed by atoms with Crippen LogP contribution in [0, 0.1) is 0 Å². The number of thiazole rings is 1. The van der Waals surface area contributed by atoms with E-state index in [1.54, 1.807) is 32.7 Å². The summed E-state index contributed by atoms with van der Waals surface area (Å²) in [5.41, 5.74) is 4.22. The van der Waals surface area contributed by atoms with Gasteiger partial charge >= 0.3 is 5.97 Å². The lowest BCUT2D eigenvalue weighted by atomic mass is 10.2. The lowest BCUT2D eigenvalue weighted by Gasteiger charge is -2.10. The fourth-order valence-corrected chi connectivity index (χ4v) is 3.12. The van der Waals surface area contributed by atoms with Crippen molar-refractivity contribution in [3.8, 4) is 11.5 Å². The summed E-state index contributed by atoms with van der Waals surface area (Å²) in [6.45, 7) is 2.13. The van der Waals surface area contributed by atoms with E-state index in [9.17, 15) is 4.79 Å². The van der Waals surface area contributed by atoms with Crippen LogP contribution in [0.2, 0.25) is 0 Å². The highest BCUT2D eigenvalue weighted by Gasteiger charge is 2.11. The number of esters is 1. The fraction of sp³-hybridized carbons (Fsp3) is 0.312. The van der Waals surface area contributed by atoms with Gasteiger partial charge < -0.3 is 14.2 Å². The van der Waals surface area contributed by atoms with E-state index in [0.29, 0.717) is 28.9 Å². The maximum atomic E-state index is 11.4. The Labute approximate surface area is 158 Å². The first-order valence-electron chi connectivity index (χ1n) is 7.38. The topological polar surface area (TPSA) is 82.0 Å². The van der Waals surface area contributed by atoms with Gasteiger partial charge in [-0.1, -0.05) is 15.9 Å². The first-order valence-corrected chi connectivity index (χ1v) is 9.05. The van der Waals surface area contributed by atoms with E-state index in [2.05, 4.69) is 31.4 Å². The number of rotatable bonds is 8. The van der Waals surface area contributed by atoms with Gasteiger partial charge in [-0.3, -0.25) is 10.2 Å². The third-order valence-electron chi connectivity index (χ3n) is 3.02. The minimum absolute atomic E-state index is 0.145. The normalized spacial score (nSPS) is 10.7. The molecule has 0 radical (unpaired) electrons. The quantitative estimate of drug-likeness (QED) is 0.394. The van der Waals surface area contributed by atoms with Crippen LogP contribution >= 0.6 is 27.3 Å². The van der Waals surface area contributed by atoms with Gasteiger partial charge in [-0.15, -0.1) is 11.3 Å². The molecule has 0 unspecified atom stereocenters. The molecular weight excluding hydrogens is 410 g/mol. The zero-order valence-electron chi connectivity index (χ0n) is 14.0. The molecule has 1 aromatic heterocycles. The highest BCUT2D eigenvalue weighted by atomic mass is 79.9. The van der Waals surface area contributed by atoms with Gasteiger partial charge in [-0.2, -0.15) is 5.10 Å². The van der Waals surface area contributed by atoms with Crippen molar-refractivity contribution in [2.24, 2.45) is 5.10 Å². The monoisotopic (exact) mass is 427 g/mol. The Kier molecular flexibility index (Phi) is 7.20. The first kappa shape index (κ1) is 19.2. The molecule has 0 fully saturated rings. The van der Waals surface area contributed by atoms with Crippen molar-refractivity contribution >= 4 is 44.6 Å². The minimum atomic E-state index is -0.297. The Morgan fingerprint density at radius 3 is 2.88 bits per heavy atom. The summed E-state index contributed by atoms with van der Waals surface area (Å²) < 4.78 is 16.4. The Morgan fingerprint density at radius 2 is 2.20 bits per heavy atom. The molecular formula is C16H18BrN3O4S. The van der Waals surface area contributed by atoms with Gasteiger partial charge in [-0.05, 0) is 19.1 Å². The summed E-state index contributed by atoms with van der Waals surface area (Å²) in [4.78, 5) is 15.7. The van der Waals surface area contributed by atoms with Crippen molar-refractivity contribution in [1.82, 2.24) is 4.98 Å². The molecule has 9 heteroatoms. The number of carbonyl (C=O) groups is 1. The van der Waals surface area contributed by atoms with Crippen molar-refractivity contribution in [1.29, 1.82) is 0 Å². The van der Waals surface area contributed by atoms with Crippen LogP contribution in [0.3, 0.4) is 0 Å². The second-order valence-electron chi connectivity index (χ2n) is 4.73. The second kappa shape index (κ2) is 9.38. The van der Waals surface area contributed by atoms with Gasteiger partial charge in [-0.25, -0.2) is 4.98 Å². The van der Waals surface area contributed by atoms with Gasteiger partial charge in [0.1, 0.15) is 0 Å². The van der Waals surface area contributed by atoms with E-state index in [1.807, 2.05) is 12.1 Å². The van der Waals surface area contributed by atoms with Crippen LogP contribution in [0.5, 0.6) is 11.5 Å². The van der Waals surface area contributed by atoms with Crippen LogP contribution in [0.25, 0.3) is 0 Å². The third kappa shape index (κ3) is 5.43. The number of hydrazone groups is 1. The van der Waals surface area contributed by atoms with E-state index in [-0.39, 0.29) is 12.4 Å². The highest BCUT2D eigenvalue weighted by Crippen LogP contribution is 2.33. The summed E-state index contributed by atoms with van der Waals surface area (Å²) in [5, 5.41) is 6.54. The van der Waals surface area contributed by atoms with E-state index >= 15 is 0 Å². The van der Waals surface area contributed by atoms with Crippen molar-refractivity contribution in [2.45, 2.75) is 13.3 Å². The molecule has 0 saturated heterocycles. The third-order valence-corrected chi connectivity index (χ3v) is 4.27. The van der Waals surface area contributed by atoms with Gasteiger partial charge in [0.2, 0.25) is 5.13 Å². The van der Waals surface area contributed by atoms with E-state index in [1.165, 1.54) is 11.3 Å². The van der Waals surface area contributed by atoms with Crippen LogP contribution in [0.1, 0.15) is 18.2 Å². The van der Waals surface area contributed by atoms with Gasteiger partial charge in [0.05, 0.1) is 39.2 Å². The lowest BCUT2D eigenvalue weighted by molar-refractivity contribution is -0.142. The van der Waals surface area contributed by atoms with Crippen LogP contribution in [0.15, 0.2) is 27.1 Å². The molecule has 0 bridgehead atoms. The molecule has 0 aliphatic heterocycles. The molecule has 0 saturated carbocycles. The number of carbonyl (C=O) groups excluding carboxylic acids is 1. The summed E-state index contributed by atoms with van der Waals surface area (Å²) in [6.07, 6.45) is 1.75. The maximum absolute atomic E-state index is 11.4. The average Bonchev–Trinajstić information content (AvgIpc) is 3.01. The number of halogens is 1. The lowest BCUT2D eigenvalue weighted by Crippen LogP contribution is -2.07. The molecule has 0 aliphatic carbocycles. The molecule has 0 spiro atoms. The molecule has 25 heavy (non-hydrogen) atoms. The second-order valence-corrected chi connectivity index (χ2v) is 6.50. The smallest absolute Gasteiger partial charge is 0.311 e. The number of nitrogens with zero attached hydrogens (tertiary/aromatic N) is 2. The zero-order valence-corrected chi connectivity index (χ0v) is 16.4. The van der Waals surface area contributed by atoms with Crippen LogP contribution in [-0.2, 0) is 16.0 Å². The van der Waals surface area contributed by atoms with E-state index in [4.69, 9.17) is 14.2 Å². The molecule has 134 valence electrons. The predicted molar refractivity (Wildman–Crippen MR) is 101 cm³/mol. The standard InChI is InChI=1S/C16H18BrN3O4S/c1-4-24-14(21)7-12-9-25-16(19-12)20-18-8-10-5-11(17)6-13(22-2)15(10)23-3/h5-6,8-9H,4,7H2,1-3H3,(H,19,20)/b18-8-. The first-order chi connectivity index (χ1) is 12.1. The molecule has 0 atom stereocenters. The molecule has 2 rings (SSSR count). The molecule has 0 aliphatic rings. The average molecular weight is 428 g/mol. The Bertz CT molecular complexity index is 764. The molecule has 0 amide bonds. The van der Waals surface area contributed by atoms with Crippen molar-refractivity contribution in [3.05, 3.63) is 33.2 Å². The van der Waals surface area contributed by atoms with Crippen LogP contribution < -0.4 is 14.9 Å². The number of nitrogens with one attached hydrogen (secondary N) is 1. The zero-order chi connectivity index (χ0) is 18.2. The number of anilines is 1. The SMILES string of the molecule is CCOC(=O)Cc1csc(N/N=C\c2cc(Br)cc(OC)c2OC)n1. The number of hydrogen-bond acceptors (Lipinski definition) is 8. The number of aromatic nitrogens is 1. The molecule has 1 heterocycles. The van der Waals surface area contributed by atoms with Crippen molar-refractivity contribution in [2.75, 3.05) is 26.3 Å². The largest absolute Gasteiger partial charge is 0.493 e. The Hall–Kier alpha value is -2.13. The molecule has 1 N–H and O–H groups in total. The number of benzene rings is 1. The minimum Gasteiger partial charge on any atom is -0.493 e. The summed E-state index contributed by atoms with van der Waals surface area (Å²) in [6, 6.07) is 3.67. The molecule has 1 aromatic carbocycles. The summed E-state index contributed by atoms with van der Waals surface area (Å²) in [5.74, 6) is 0.886. The van der Waals surface area contributed by atoms with Crippen LogP contribution in [0.4, 0.5) is 5.13 Å². The Morgan fingerprint density at radius 1 is 1.40 bits per heavy atom. The van der Waals surface area contributed by atoms with Crippen molar-refractivity contribution in [3.63, 3.8) is 0 Å². The summed E-state index contributed by atoms with van der Waals surface area (Å²) in [7, 11) is 3.14.